The summed E-state index contributed by atoms with van der Waals surface area (Å²) < 4.78 is 0. The Bertz CT molecular complexity index is 1070. The lowest BCUT2D eigenvalue weighted by atomic mass is 9.94. The number of hydrogen-bond acceptors (Lipinski definition) is 1. The van der Waals surface area contributed by atoms with Crippen LogP contribution in [0.4, 0.5) is 0 Å². The largest absolute Gasteiger partial charge is 0.294 e. The highest BCUT2D eigenvalue weighted by Crippen LogP contribution is 2.40. The van der Waals surface area contributed by atoms with Gasteiger partial charge in [0.2, 0.25) is 0 Å². The molecule has 4 aromatic carbocycles. The van der Waals surface area contributed by atoms with Gasteiger partial charge in [-0.15, -0.1) is 0 Å². The van der Waals surface area contributed by atoms with Crippen LogP contribution in [-0.4, -0.2) is 5.78 Å². The van der Waals surface area contributed by atoms with Crippen LogP contribution in [0, 0.1) is 0 Å². The molecule has 0 N–H and O–H groups in total. The summed E-state index contributed by atoms with van der Waals surface area (Å²) in [6.07, 6.45) is 0.529. The van der Waals surface area contributed by atoms with Gasteiger partial charge in [-0.05, 0) is 50.0 Å². The van der Waals surface area contributed by atoms with E-state index >= 15 is 0 Å². The van der Waals surface area contributed by atoms with Crippen molar-refractivity contribution in [1.82, 2.24) is 0 Å². The van der Waals surface area contributed by atoms with E-state index in [0.717, 1.165) is 21.7 Å². The minimum absolute atomic E-state index is 0.253. The van der Waals surface area contributed by atoms with E-state index in [4.69, 9.17) is 0 Å². The molecule has 0 unspecified atom stereocenters. The van der Waals surface area contributed by atoms with Crippen molar-refractivity contribution in [2.75, 3.05) is 0 Å². The Morgan fingerprint density at radius 3 is 2.10 bits per heavy atom. The maximum atomic E-state index is 12.6. The summed E-state index contributed by atoms with van der Waals surface area (Å²) in [6, 6.07) is 21.0. The van der Waals surface area contributed by atoms with Gasteiger partial charge in [-0.25, -0.2) is 0 Å². The molecular weight excluding hydrogens is 256 g/mol. The van der Waals surface area contributed by atoms with E-state index < -0.39 is 0 Å². The molecule has 0 saturated heterocycles. The minimum Gasteiger partial charge on any atom is -0.294 e. The Morgan fingerprint density at radius 1 is 0.714 bits per heavy atom. The molecule has 4 aromatic rings. The second-order valence-electron chi connectivity index (χ2n) is 5.75. The van der Waals surface area contributed by atoms with Gasteiger partial charge < -0.3 is 0 Å². The number of fused-ring (bicyclic) bond motifs is 4. The third-order valence-electron chi connectivity index (χ3n) is 4.59. The monoisotopic (exact) mass is 268 g/mol. The Labute approximate surface area is 121 Å². The molecule has 0 heterocycles. The first-order valence-corrected chi connectivity index (χ1v) is 7.22. The van der Waals surface area contributed by atoms with Crippen LogP contribution in [-0.2, 0) is 6.42 Å². The van der Waals surface area contributed by atoms with Gasteiger partial charge >= 0.3 is 0 Å². The molecule has 0 aromatic heterocycles. The molecule has 0 radical (unpaired) electrons. The number of benzene rings is 4. The van der Waals surface area contributed by atoms with Crippen LogP contribution < -0.4 is 0 Å². The zero-order chi connectivity index (χ0) is 14.0. The van der Waals surface area contributed by atoms with Gasteiger partial charge in [-0.3, -0.25) is 4.79 Å². The smallest absolute Gasteiger partial charge is 0.168 e. The molecule has 0 spiro atoms. The molecule has 1 aliphatic carbocycles. The summed E-state index contributed by atoms with van der Waals surface area (Å²) in [7, 11) is 0. The average molecular weight is 268 g/mol. The summed E-state index contributed by atoms with van der Waals surface area (Å²) in [5.74, 6) is 0.253. The highest BCUT2D eigenvalue weighted by molar-refractivity contribution is 6.27. The summed E-state index contributed by atoms with van der Waals surface area (Å²) in [5.41, 5.74) is 2.12. The molecule has 98 valence electrons. The third-order valence-corrected chi connectivity index (χ3v) is 4.59. The molecule has 0 atom stereocenters. The zero-order valence-electron chi connectivity index (χ0n) is 11.4. The molecular formula is C20H12O. The van der Waals surface area contributed by atoms with Crippen LogP contribution in [0.1, 0.15) is 15.9 Å². The number of ketones is 1. The van der Waals surface area contributed by atoms with E-state index in [9.17, 15) is 4.79 Å². The second-order valence-corrected chi connectivity index (χ2v) is 5.75. The third kappa shape index (κ3) is 1.33. The quantitative estimate of drug-likeness (QED) is 0.415. The lowest BCUT2D eigenvalue weighted by molar-refractivity contribution is 0.100. The van der Waals surface area contributed by atoms with E-state index in [2.05, 4.69) is 42.5 Å². The SMILES string of the molecule is O=C1Cc2c3ccccc3cc3cc4ccccc4c1c23. The summed E-state index contributed by atoms with van der Waals surface area (Å²) in [6.45, 7) is 0. The Kier molecular flexibility index (Phi) is 1.95. The fraction of sp³-hybridized carbons (Fsp3) is 0.0500. The molecule has 0 bridgehead atoms. The second kappa shape index (κ2) is 3.70. The van der Waals surface area contributed by atoms with Gasteiger partial charge in [0.05, 0.1) is 0 Å². The number of carbonyl (C=O) groups excluding carboxylic acids is 1. The van der Waals surface area contributed by atoms with Gasteiger partial charge in [-0.1, -0.05) is 48.5 Å². The molecule has 0 amide bonds. The molecule has 1 nitrogen and oxygen atoms in total. The van der Waals surface area contributed by atoms with Crippen LogP contribution >= 0.6 is 0 Å². The van der Waals surface area contributed by atoms with E-state index in [0.29, 0.717) is 6.42 Å². The average Bonchev–Trinajstić information content (AvgIpc) is 2.87. The van der Waals surface area contributed by atoms with E-state index in [1.807, 2.05) is 18.2 Å². The predicted molar refractivity (Wildman–Crippen MR) is 87.0 cm³/mol. The van der Waals surface area contributed by atoms with Crippen molar-refractivity contribution in [3.8, 4) is 0 Å². The summed E-state index contributed by atoms with van der Waals surface area (Å²) >= 11 is 0. The maximum Gasteiger partial charge on any atom is 0.168 e. The normalized spacial score (nSPS) is 13.6. The van der Waals surface area contributed by atoms with Crippen molar-refractivity contribution in [2.45, 2.75) is 6.42 Å². The fourth-order valence-electron chi connectivity index (χ4n) is 3.73. The standard InChI is InChI=1S/C20H12O/c21-18-11-17-15-7-3-1-5-12(15)9-14-10-13-6-2-4-8-16(13)20(18)19(14)17/h1-10H,11H2. The van der Waals surface area contributed by atoms with E-state index in [1.165, 1.54) is 21.7 Å². The van der Waals surface area contributed by atoms with Crippen molar-refractivity contribution >= 4 is 38.1 Å². The fourth-order valence-corrected chi connectivity index (χ4v) is 3.73. The first-order valence-electron chi connectivity index (χ1n) is 7.22. The number of hydrogen-bond donors (Lipinski definition) is 0. The zero-order valence-corrected chi connectivity index (χ0v) is 11.4. The van der Waals surface area contributed by atoms with Crippen molar-refractivity contribution in [3.05, 3.63) is 71.8 Å². The number of Topliss-reactive ketones (excluding diaryl/α,β-unsaturated/α-hetero) is 1. The lowest BCUT2D eigenvalue weighted by Gasteiger charge is -2.08. The summed E-state index contributed by atoms with van der Waals surface area (Å²) in [4.78, 5) is 12.6. The molecule has 0 fully saturated rings. The van der Waals surface area contributed by atoms with E-state index in [-0.39, 0.29) is 5.78 Å². The molecule has 1 heteroatoms. The molecule has 0 aliphatic heterocycles. The van der Waals surface area contributed by atoms with Gasteiger partial charge in [0.25, 0.3) is 0 Å². The summed E-state index contributed by atoms with van der Waals surface area (Å²) in [5, 5.41) is 7.02. The molecule has 21 heavy (non-hydrogen) atoms. The van der Waals surface area contributed by atoms with Crippen LogP contribution in [0.2, 0.25) is 0 Å². The van der Waals surface area contributed by atoms with Crippen LogP contribution in [0.15, 0.2) is 60.7 Å². The van der Waals surface area contributed by atoms with Crippen molar-refractivity contribution in [3.63, 3.8) is 0 Å². The van der Waals surface area contributed by atoms with Gasteiger partial charge in [0, 0.05) is 12.0 Å². The van der Waals surface area contributed by atoms with E-state index in [1.54, 1.807) is 0 Å². The molecule has 1 aliphatic rings. The lowest BCUT2D eigenvalue weighted by Crippen LogP contribution is -1.95. The Hall–Kier alpha value is -2.67. The Balaban J connectivity index is 2.13. The highest BCUT2D eigenvalue weighted by atomic mass is 16.1. The van der Waals surface area contributed by atoms with Crippen LogP contribution in [0.5, 0.6) is 0 Å². The van der Waals surface area contributed by atoms with Crippen molar-refractivity contribution < 1.29 is 4.79 Å². The van der Waals surface area contributed by atoms with Crippen LogP contribution in [0.3, 0.4) is 0 Å². The van der Waals surface area contributed by atoms with Crippen LogP contribution in [0.25, 0.3) is 32.3 Å². The minimum atomic E-state index is 0.253. The van der Waals surface area contributed by atoms with Gasteiger partial charge in [-0.2, -0.15) is 0 Å². The first-order chi connectivity index (χ1) is 10.3. The number of rotatable bonds is 0. The van der Waals surface area contributed by atoms with Crippen molar-refractivity contribution in [1.29, 1.82) is 0 Å². The molecule has 5 rings (SSSR count). The predicted octanol–water partition coefficient (Wildman–Crippen LogP) is 4.89. The van der Waals surface area contributed by atoms with Crippen molar-refractivity contribution in [2.24, 2.45) is 0 Å². The van der Waals surface area contributed by atoms with Gasteiger partial charge in [0.1, 0.15) is 0 Å². The number of carbonyl (C=O) groups is 1. The van der Waals surface area contributed by atoms with Gasteiger partial charge in [0.15, 0.2) is 5.78 Å². The highest BCUT2D eigenvalue weighted by Gasteiger charge is 2.26. The Morgan fingerprint density at radius 2 is 1.33 bits per heavy atom. The topological polar surface area (TPSA) is 17.1 Å². The maximum absolute atomic E-state index is 12.6. The molecule has 0 saturated carbocycles. The first kappa shape index (κ1) is 11.0.